The molecule has 6 aromatic heterocycles. The number of aromatic nitrogens is 10. The molecule has 0 fully saturated rings. The number of aryl methyl sites for hydroxylation is 7. The Morgan fingerprint density at radius 1 is 0.519 bits per heavy atom. The summed E-state index contributed by atoms with van der Waals surface area (Å²) in [5.41, 5.74) is -2.52. The summed E-state index contributed by atoms with van der Waals surface area (Å²) in [4.78, 5) is 41.3. The van der Waals surface area contributed by atoms with E-state index in [4.69, 9.17) is 23.2 Å². The monoisotopic (exact) mass is 1200 g/mol. The molecule has 0 saturated heterocycles. The summed E-state index contributed by atoms with van der Waals surface area (Å²) in [6.45, 7) is 3.47. The molecule has 3 amide bonds. The topological polar surface area (TPSA) is 176 Å². The van der Waals surface area contributed by atoms with E-state index < -0.39 is 70.8 Å². The summed E-state index contributed by atoms with van der Waals surface area (Å²) < 4.78 is 164. The van der Waals surface area contributed by atoms with Crippen molar-refractivity contribution in [2.75, 3.05) is 16.0 Å². The van der Waals surface area contributed by atoms with Crippen molar-refractivity contribution in [3.63, 3.8) is 0 Å². The van der Waals surface area contributed by atoms with E-state index in [2.05, 4.69) is 41.3 Å². The van der Waals surface area contributed by atoms with E-state index in [-0.39, 0.29) is 72.3 Å². The van der Waals surface area contributed by atoms with Crippen LogP contribution in [0.5, 0.6) is 0 Å². The highest BCUT2D eigenvalue weighted by Gasteiger charge is 2.37. The Kier molecular flexibility index (Phi) is 17.3. The number of anilines is 3. The van der Waals surface area contributed by atoms with Crippen LogP contribution in [0.15, 0.2) is 91.3 Å². The molecule has 0 aliphatic rings. The zero-order valence-electron chi connectivity index (χ0n) is 42.6. The van der Waals surface area contributed by atoms with Gasteiger partial charge in [0.25, 0.3) is 17.7 Å². The Morgan fingerprint density at radius 3 is 1.20 bits per heavy atom. The Bertz CT molecular complexity index is 3670. The number of rotatable bonds is 9. The fourth-order valence-electron chi connectivity index (χ4n) is 7.67. The van der Waals surface area contributed by atoms with E-state index in [0.29, 0.717) is 10.6 Å². The average molecular weight is 1200 g/mol. The standard InChI is InChI=1S/C17H13ClF4N4O.C17H14F4N4OS.C16H12ClF4N5O/c1-25-6-5-11(18)15(25)16(27)23-9-3-4-10(12(19)7-9)13-8-14(17(20,21)22)24-26(13)2;1-8-15(27-9(2)22-8)16(26)23-10-4-5-11(12(18)6-10)13-7-14(17(19,20)21)24-25(13)3;1-25-7-10(17)14(24-25)15(27)22-8-3-4-9(11(18)5-8)12-6-13(16(19,20)21)23-26(12)2/h3-8H,1-2H3,(H,23,27);4-7H,1-3H3,(H,23,26);3-7H,1-2H3,(H,22,27). The number of halogens is 14. The highest BCUT2D eigenvalue weighted by atomic mass is 35.5. The largest absolute Gasteiger partial charge is 0.435 e. The van der Waals surface area contributed by atoms with E-state index >= 15 is 0 Å². The number of hydrogen-bond donors (Lipinski definition) is 3. The van der Waals surface area contributed by atoms with Crippen LogP contribution in [0.1, 0.15) is 58.4 Å². The number of thiazole rings is 1. The number of carbonyl (C=O) groups is 3. The summed E-state index contributed by atoms with van der Waals surface area (Å²) in [5, 5.41) is 22.6. The van der Waals surface area contributed by atoms with E-state index in [1.165, 1.54) is 84.3 Å². The molecule has 6 heterocycles. The first-order chi connectivity index (χ1) is 37.7. The third-order valence-corrected chi connectivity index (χ3v) is 13.0. The van der Waals surface area contributed by atoms with E-state index in [1.54, 1.807) is 40.2 Å². The Balaban J connectivity index is 0.000000175. The summed E-state index contributed by atoms with van der Waals surface area (Å²) in [7, 11) is 7.08. The lowest BCUT2D eigenvalue weighted by atomic mass is 10.1. The zero-order valence-corrected chi connectivity index (χ0v) is 44.9. The van der Waals surface area contributed by atoms with Gasteiger partial charge < -0.3 is 20.5 Å². The van der Waals surface area contributed by atoms with Crippen molar-refractivity contribution in [3.8, 4) is 33.8 Å². The molecule has 0 spiro atoms. The Hall–Kier alpha value is -8.44. The first-order valence-corrected chi connectivity index (χ1v) is 24.4. The van der Waals surface area contributed by atoms with Crippen LogP contribution in [0.3, 0.4) is 0 Å². The van der Waals surface area contributed by atoms with Crippen LogP contribution < -0.4 is 16.0 Å². The van der Waals surface area contributed by atoms with Gasteiger partial charge in [0.2, 0.25) is 0 Å². The third-order valence-electron chi connectivity index (χ3n) is 11.4. The highest BCUT2D eigenvalue weighted by Crippen LogP contribution is 2.36. The van der Waals surface area contributed by atoms with Crippen molar-refractivity contribution in [2.24, 2.45) is 35.2 Å². The number of benzene rings is 3. The molecule has 0 aliphatic heterocycles. The van der Waals surface area contributed by atoms with Gasteiger partial charge in [0.15, 0.2) is 22.8 Å². The molecule has 0 bridgehead atoms. The maximum absolute atomic E-state index is 14.5. The molecular formula is C50H39Cl2F12N13O3S. The SMILES string of the molecule is Cc1nc(C)c(C(=O)Nc2ccc(-c3cc(C(F)(F)F)nn3C)c(F)c2)s1.Cn1cc(Cl)c(C(=O)Nc2ccc(-c3cc(C(F)(F)F)nn3C)c(F)c2)n1.Cn1ccc(Cl)c1C(=O)Nc1ccc(-c2cc(C(F)(F)F)nn2C)c(F)c1. The normalized spacial score (nSPS) is 11.7. The Labute approximate surface area is 463 Å². The molecule has 0 radical (unpaired) electrons. The lowest BCUT2D eigenvalue weighted by Gasteiger charge is -2.09. The molecule has 31 heteroatoms. The van der Waals surface area contributed by atoms with E-state index in [1.807, 2.05) is 0 Å². The van der Waals surface area contributed by atoms with Crippen molar-refractivity contribution in [1.82, 2.24) is 48.7 Å². The number of carbonyl (C=O) groups excluding carboxylic acids is 3. The number of alkyl halides is 9. The van der Waals surface area contributed by atoms with Gasteiger partial charge in [0.1, 0.15) is 28.0 Å². The van der Waals surface area contributed by atoms with Gasteiger partial charge in [-0.25, -0.2) is 18.2 Å². The number of nitrogens with zero attached hydrogens (tertiary/aromatic N) is 10. The summed E-state index contributed by atoms with van der Waals surface area (Å²) in [5.74, 6) is -4.02. The number of nitrogens with one attached hydrogen (secondary N) is 3. The minimum absolute atomic E-state index is 0.0216. The van der Waals surface area contributed by atoms with Crippen LogP contribution >= 0.6 is 34.5 Å². The van der Waals surface area contributed by atoms with Crippen LogP contribution in [0.2, 0.25) is 10.0 Å². The van der Waals surface area contributed by atoms with Gasteiger partial charge in [0, 0.05) is 81.4 Å². The molecular weight excluding hydrogens is 1160 g/mol. The number of amides is 3. The van der Waals surface area contributed by atoms with Crippen molar-refractivity contribution in [3.05, 3.63) is 163 Å². The molecule has 0 atom stereocenters. The molecule has 426 valence electrons. The van der Waals surface area contributed by atoms with Gasteiger partial charge in [-0.1, -0.05) is 23.2 Å². The fraction of sp³-hybridized carbons (Fsp3) is 0.200. The van der Waals surface area contributed by atoms with E-state index in [0.717, 1.165) is 55.5 Å². The van der Waals surface area contributed by atoms with Crippen LogP contribution in [0, 0.1) is 31.3 Å². The van der Waals surface area contributed by atoms with Crippen LogP contribution in [0.25, 0.3) is 33.8 Å². The van der Waals surface area contributed by atoms with Crippen molar-refractivity contribution in [1.29, 1.82) is 0 Å². The fourth-order valence-corrected chi connectivity index (χ4v) is 9.02. The zero-order chi connectivity index (χ0) is 59.8. The highest BCUT2D eigenvalue weighted by molar-refractivity contribution is 7.13. The maximum atomic E-state index is 14.5. The van der Waals surface area contributed by atoms with Crippen molar-refractivity contribution in [2.45, 2.75) is 32.4 Å². The number of hydrogen-bond acceptors (Lipinski definition) is 9. The molecule has 0 unspecified atom stereocenters. The molecule has 3 aromatic carbocycles. The van der Waals surface area contributed by atoms with Crippen LogP contribution in [-0.4, -0.2) is 66.4 Å². The molecule has 0 aliphatic carbocycles. The molecule has 3 N–H and O–H groups in total. The molecule has 9 rings (SSSR count). The second-order valence-electron chi connectivity index (χ2n) is 17.3. The smallest absolute Gasteiger partial charge is 0.345 e. The lowest BCUT2D eigenvalue weighted by molar-refractivity contribution is -0.142. The second-order valence-corrected chi connectivity index (χ2v) is 19.3. The quantitative estimate of drug-likeness (QED) is 0.120. The van der Waals surface area contributed by atoms with Gasteiger partial charge in [0.05, 0.1) is 37.8 Å². The first kappa shape index (κ1) is 60.2. The van der Waals surface area contributed by atoms with Crippen molar-refractivity contribution >= 4 is 69.3 Å². The van der Waals surface area contributed by atoms with Gasteiger partial charge in [-0.2, -0.15) is 59.9 Å². The lowest BCUT2D eigenvalue weighted by Crippen LogP contribution is -2.16. The minimum atomic E-state index is -4.64. The van der Waals surface area contributed by atoms with Crippen LogP contribution in [-0.2, 0) is 53.8 Å². The summed E-state index contributed by atoms with van der Waals surface area (Å²) >= 11 is 13.0. The molecule has 9 aromatic rings. The van der Waals surface area contributed by atoms with Gasteiger partial charge in [-0.3, -0.25) is 33.1 Å². The third kappa shape index (κ3) is 13.9. The molecule has 16 nitrogen and oxygen atoms in total. The first-order valence-electron chi connectivity index (χ1n) is 22.8. The van der Waals surface area contributed by atoms with Gasteiger partial charge >= 0.3 is 18.5 Å². The Morgan fingerprint density at radius 2 is 0.901 bits per heavy atom. The van der Waals surface area contributed by atoms with Crippen LogP contribution in [0.4, 0.5) is 69.7 Å². The van der Waals surface area contributed by atoms with Gasteiger partial charge in [-0.05, 0) is 92.7 Å². The second kappa shape index (κ2) is 23.3. The van der Waals surface area contributed by atoms with Crippen molar-refractivity contribution < 1.29 is 67.1 Å². The average Bonchev–Trinajstić information content (AvgIpc) is 4.31. The summed E-state index contributed by atoms with van der Waals surface area (Å²) in [6.07, 6.45) is -10.9. The summed E-state index contributed by atoms with van der Waals surface area (Å²) in [6, 6.07) is 14.9. The van der Waals surface area contributed by atoms with E-state index in [9.17, 15) is 67.1 Å². The predicted octanol–water partition coefficient (Wildman–Crippen LogP) is 12.9. The maximum Gasteiger partial charge on any atom is 0.435 e. The molecule has 81 heavy (non-hydrogen) atoms. The predicted molar refractivity (Wildman–Crippen MR) is 275 cm³/mol. The van der Waals surface area contributed by atoms with Gasteiger partial charge in [-0.15, -0.1) is 11.3 Å². The minimum Gasteiger partial charge on any atom is -0.345 e. The molecule has 0 saturated carbocycles.